The highest BCUT2D eigenvalue weighted by Crippen LogP contribution is 2.37. The third-order valence-corrected chi connectivity index (χ3v) is 4.33. The molecule has 21 heavy (non-hydrogen) atoms. The van der Waals surface area contributed by atoms with Crippen molar-refractivity contribution in [3.05, 3.63) is 39.7 Å². The quantitative estimate of drug-likeness (QED) is 0.666. The van der Waals surface area contributed by atoms with E-state index in [1.165, 1.54) is 0 Å². The molecule has 2 unspecified atom stereocenters. The van der Waals surface area contributed by atoms with Crippen molar-refractivity contribution in [2.45, 2.75) is 43.9 Å². The number of aliphatic hydroxyl groups is 1. The van der Waals surface area contributed by atoms with Crippen LogP contribution < -0.4 is 0 Å². The molecule has 0 aromatic heterocycles. The summed E-state index contributed by atoms with van der Waals surface area (Å²) in [5.41, 5.74) is -0.568. The van der Waals surface area contributed by atoms with Crippen molar-refractivity contribution in [2.75, 3.05) is 0 Å². The van der Waals surface area contributed by atoms with Gasteiger partial charge in [0.25, 0.3) is 11.6 Å². The Bertz CT molecular complexity index is 593. The highest BCUT2D eigenvalue weighted by atomic mass is 19.1. The standard InChI is InChI=1S/C14H15FN2O4/c15-13-4-3-10(17(20)21)7-12(13)14(19)16-8-1-2-9(16)6-11(18)5-8/h3-4,7-9,11,18H,1-2,5-6H2. The number of amides is 1. The van der Waals surface area contributed by atoms with E-state index in [0.717, 1.165) is 31.0 Å². The van der Waals surface area contributed by atoms with Crippen molar-refractivity contribution in [3.8, 4) is 0 Å². The first-order valence-electron chi connectivity index (χ1n) is 6.92. The topological polar surface area (TPSA) is 83.7 Å². The van der Waals surface area contributed by atoms with Crippen LogP contribution in [-0.4, -0.2) is 39.0 Å². The first-order valence-corrected chi connectivity index (χ1v) is 6.92. The summed E-state index contributed by atoms with van der Waals surface area (Å²) in [4.78, 5) is 24.3. The Labute approximate surface area is 120 Å². The van der Waals surface area contributed by atoms with Gasteiger partial charge in [-0.2, -0.15) is 0 Å². The number of non-ortho nitro benzene ring substituents is 1. The Kier molecular flexibility index (Phi) is 3.36. The Balaban J connectivity index is 1.92. The second-order valence-electron chi connectivity index (χ2n) is 5.64. The summed E-state index contributed by atoms with van der Waals surface area (Å²) in [6.07, 6.45) is 2.10. The Morgan fingerprint density at radius 2 is 1.95 bits per heavy atom. The van der Waals surface area contributed by atoms with Gasteiger partial charge in [0.1, 0.15) is 5.82 Å². The molecule has 0 saturated carbocycles. The van der Waals surface area contributed by atoms with Gasteiger partial charge in [0, 0.05) is 24.2 Å². The summed E-state index contributed by atoms with van der Waals surface area (Å²) in [6, 6.07) is 2.77. The number of nitro groups is 1. The molecule has 2 aliphatic rings. The van der Waals surface area contributed by atoms with Gasteiger partial charge in [0.2, 0.25) is 0 Å². The summed E-state index contributed by atoms with van der Waals surface area (Å²) in [5.74, 6) is -1.27. The number of hydrogen-bond acceptors (Lipinski definition) is 4. The maximum absolute atomic E-state index is 13.9. The molecular formula is C14H15FN2O4. The predicted molar refractivity (Wildman–Crippen MR) is 71.3 cm³/mol. The number of nitro benzene ring substituents is 1. The van der Waals surface area contributed by atoms with Crippen molar-refractivity contribution in [2.24, 2.45) is 0 Å². The van der Waals surface area contributed by atoms with Crippen LogP contribution in [0.5, 0.6) is 0 Å². The van der Waals surface area contributed by atoms with Gasteiger partial charge in [0.05, 0.1) is 16.6 Å². The molecular weight excluding hydrogens is 279 g/mol. The van der Waals surface area contributed by atoms with Gasteiger partial charge in [-0.3, -0.25) is 14.9 Å². The van der Waals surface area contributed by atoms with E-state index in [9.17, 15) is 24.4 Å². The second-order valence-corrected chi connectivity index (χ2v) is 5.64. The molecule has 0 spiro atoms. The molecule has 1 amide bonds. The molecule has 0 aliphatic carbocycles. The first kappa shape index (κ1) is 13.9. The van der Waals surface area contributed by atoms with Gasteiger partial charge >= 0.3 is 0 Å². The first-order chi connectivity index (χ1) is 9.97. The Hall–Kier alpha value is -2.02. The molecule has 112 valence electrons. The molecule has 2 fully saturated rings. The predicted octanol–water partition coefficient (Wildman–Crippen LogP) is 1.86. The second kappa shape index (κ2) is 5.07. The summed E-state index contributed by atoms with van der Waals surface area (Å²) >= 11 is 0. The van der Waals surface area contributed by atoms with Crippen LogP contribution in [0, 0.1) is 15.9 Å². The lowest BCUT2D eigenvalue weighted by Gasteiger charge is -2.37. The molecule has 1 aromatic rings. The zero-order valence-corrected chi connectivity index (χ0v) is 11.2. The number of aliphatic hydroxyl groups excluding tert-OH is 1. The zero-order chi connectivity index (χ0) is 15.1. The molecule has 2 atom stereocenters. The van der Waals surface area contributed by atoms with Crippen molar-refractivity contribution in [1.29, 1.82) is 0 Å². The summed E-state index contributed by atoms with van der Waals surface area (Å²) in [6.45, 7) is 0. The Morgan fingerprint density at radius 3 is 2.52 bits per heavy atom. The van der Waals surface area contributed by atoms with Crippen LogP contribution in [0.3, 0.4) is 0 Å². The number of nitrogens with zero attached hydrogens (tertiary/aromatic N) is 2. The smallest absolute Gasteiger partial charge is 0.270 e. The SMILES string of the molecule is O=C(c1cc([N+](=O)[O-])ccc1F)N1C2CCC1CC(O)C2. The zero-order valence-electron chi connectivity index (χ0n) is 11.2. The van der Waals surface area contributed by atoms with Crippen LogP contribution in [0.25, 0.3) is 0 Å². The van der Waals surface area contributed by atoms with Gasteiger partial charge in [0.15, 0.2) is 0 Å². The molecule has 3 rings (SSSR count). The van der Waals surface area contributed by atoms with Crippen molar-refractivity contribution in [3.63, 3.8) is 0 Å². The largest absolute Gasteiger partial charge is 0.393 e. The monoisotopic (exact) mass is 294 g/mol. The molecule has 6 nitrogen and oxygen atoms in total. The summed E-state index contributed by atoms with van der Waals surface area (Å²) in [7, 11) is 0. The molecule has 1 aromatic carbocycles. The average molecular weight is 294 g/mol. The number of piperidine rings is 1. The summed E-state index contributed by atoms with van der Waals surface area (Å²) in [5, 5.41) is 20.5. The van der Waals surface area contributed by atoms with Gasteiger partial charge in [-0.1, -0.05) is 0 Å². The van der Waals surface area contributed by atoms with Gasteiger partial charge in [-0.25, -0.2) is 4.39 Å². The van der Waals surface area contributed by atoms with Gasteiger partial charge < -0.3 is 10.0 Å². The lowest BCUT2D eigenvalue weighted by atomic mass is 9.98. The van der Waals surface area contributed by atoms with Gasteiger partial charge in [-0.05, 0) is 31.7 Å². The minimum Gasteiger partial charge on any atom is -0.393 e. The maximum Gasteiger partial charge on any atom is 0.270 e. The summed E-state index contributed by atoms with van der Waals surface area (Å²) < 4.78 is 13.9. The van der Waals surface area contributed by atoms with Crippen LogP contribution in [0.1, 0.15) is 36.0 Å². The lowest BCUT2D eigenvalue weighted by molar-refractivity contribution is -0.384. The molecule has 2 heterocycles. The van der Waals surface area contributed by atoms with Crippen LogP contribution >= 0.6 is 0 Å². The third-order valence-electron chi connectivity index (χ3n) is 4.33. The maximum atomic E-state index is 13.9. The highest BCUT2D eigenvalue weighted by molar-refractivity contribution is 5.95. The van der Waals surface area contributed by atoms with E-state index in [-0.39, 0.29) is 23.3 Å². The van der Waals surface area contributed by atoms with Crippen LogP contribution in [0.4, 0.5) is 10.1 Å². The van der Waals surface area contributed by atoms with E-state index in [4.69, 9.17) is 0 Å². The van der Waals surface area contributed by atoms with E-state index in [2.05, 4.69) is 0 Å². The minimum atomic E-state index is -0.754. The highest BCUT2D eigenvalue weighted by Gasteiger charge is 2.43. The number of halogens is 1. The fraction of sp³-hybridized carbons (Fsp3) is 0.500. The Morgan fingerprint density at radius 1 is 1.33 bits per heavy atom. The molecule has 7 heteroatoms. The minimum absolute atomic E-state index is 0.107. The van der Waals surface area contributed by atoms with Crippen molar-refractivity contribution in [1.82, 2.24) is 4.90 Å². The third kappa shape index (κ3) is 2.37. The van der Waals surface area contributed by atoms with E-state index in [0.29, 0.717) is 12.8 Å². The fourth-order valence-electron chi connectivity index (χ4n) is 3.41. The number of carbonyl (C=O) groups is 1. The van der Waals surface area contributed by atoms with E-state index in [1.807, 2.05) is 0 Å². The number of benzene rings is 1. The molecule has 2 bridgehead atoms. The molecule has 0 radical (unpaired) electrons. The number of hydrogen-bond donors (Lipinski definition) is 1. The molecule has 1 N–H and O–H groups in total. The normalized spacial score (nSPS) is 27.7. The fourth-order valence-corrected chi connectivity index (χ4v) is 3.41. The van der Waals surface area contributed by atoms with Crippen LogP contribution in [-0.2, 0) is 0 Å². The van der Waals surface area contributed by atoms with Crippen LogP contribution in [0.2, 0.25) is 0 Å². The lowest BCUT2D eigenvalue weighted by Crippen LogP contribution is -2.48. The molecule has 2 saturated heterocycles. The average Bonchev–Trinajstić information content (AvgIpc) is 2.70. The number of rotatable bonds is 2. The van der Waals surface area contributed by atoms with Crippen LogP contribution in [0.15, 0.2) is 18.2 Å². The van der Waals surface area contributed by atoms with E-state index >= 15 is 0 Å². The van der Waals surface area contributed by atoms with E-state index < -0.39 is 22.8 Å². The number of fused-ring (bicyclic) bond motifs is 2. The molecule has 2 aliphatic heterocycles. The van der Waals surface area contributed by atoms with Gasteiger partial charge in [-0.15, -0.1) is 0 Å². The number of carbonyl (C=O) groups excluding carboxylic acids is 1. The van der Waals surface area contributed by atoms with Crippen molar-refractivity contribution >= 4 is 11.6 Å². The van der Waals surface area contributed by atoms with Crippen molar-refractivity contribution < 1.29 is 19.2 Å². The van der Waals surface area contributed by atoms with E-state index in [1.54, 1.807) is 4.90 Å².